The lowest BCUT2D eigenvalue weighted by Gasteiger charge is -2.41. The first-order valence-electron chi connectivity index (χ1n) is 5.62. The molecule has 2 fully saturated rings. The third kappa shape index (κ3) is 1.76. The average Bonchev–Trinajstić information content (AvgIpc) is 2.46. The maximum Gasteiger partial charge on any atom is 0.230 e. The molecule has 1 amide bonds. The van der Waals surface area contributed by atoms with Gasteiger partial charge in [0.1, 0.15) is 0 Å². The van der Waals surface area contributed by atoms with Crippen molar-refractivity contribution in [2.24, 2.45) is 11.1 Å². The van der Waals surface area contributed by atoms with Gasteiger partial charge in [0.15, 0.2) is 0 Å². The maximum absolute atomic E-state index is 12.1. The zero-order chi connectivity index (χ0) is 11.1. The molecule has 2 atom stereocenters. The summed E-state index contributed by atoms with van der Waals surface area (Å²) in [6, 6.07) is -0.179. The summed E-state index contributed by atoms with van der Waals surface area (Å²) < 4.78 is 5.27. The minimum atomic E-state index is -0.543. The molecule has 4 heteroatoms. The summed E-state index contributed by atoms with van der Waals surface area (Å²) in [6.45, 7) is 4.91. The normalized spacial score (nSPS) is 38.5. The van der Waals surface area contributed by atoms with Crippen LogP contribution in [0.3, 0.4) is 0 Å². The summed E-state index contributed by atoms with van der Waals surface area (Å²) in [7, 11) is 0. The lowest BCUT2D eigenvalue weighted by atomic mass is 9.76. The van der Waals surface area contributed by atoms with Crippen LogP contribution in [-0.2, 0) is 9.53 Å². The van der Waals surface area contributed by atoms with Crippen molar-refractivity contribution in [1.82, 2.24) is 5.32 Å². The Balaban J connectivity index is 2.00. The molecule has 2 aliphatic rings. The van der Waals surface area contributed by atoms with Crippen LogP contribution in [-0.4, -0.2) is 30.7 Å². The van der Waals surface area contributed by atoms with Gasteiger partial charge in [0.05, 0.1) is 18.6 Å². The number of hydrogen-bond acceptors (Lipinski definition) is 3. The largest absolute Gasteiger partial charge is 0.379 e. The summed E-state index contributed by atoms with van der Waals surface area (Å²) in [5, 5.41) is 3.11. The van der Waals surface area contributed by atoms with E-state index in [1.807, 2.05) is 6.92 Å². The van der Waals surface area contributed by atoms with Crippen LogP contribution in [0.1, 0.15) is 33.1 Å². The fourth-order valence-electron chi connectivity index (χ4n) is 2.17. The second-order valence-corrected chi connectivity index (χ2v) is 5.41. The van der Waals surface area contributed by atoms with E-state index >= 15 is 0 Å². The molecular formula is C11H20N2O2. The van der Waals surface area contributed by atoms with Crippen LogP contribution in [0, 0.1) is 5.41 Å². The van der Waals surface area contributed by atoms with Gasteiger partial charge >= 0.3 is 0 Å². The van der Waals surface area contributed by atoms with Crippen molar-refractivity contribution in [1.29, 1.82) is 0 Å². The van der Waals surface area contributed by atoms with Crippen molar-refractivity contribution in [2.45, 2.75) is 44.7 Å². The SMILES string of the molecule is CC1(NC(=O)C2(C)COCC2N)CCC1. The second-order valence-electron chi connectivity index (χ2n) is 5.41. The smallest absolute Gasteiger partial charge is 0.230 e. The molecule has 4 nitrogen and oxygen atoms in total. The summed E-state index contributed by atoms with van der Waals surface area (Å²) in [4.78, 5) is 12.1. The highest BCUT2D eigenvalue weighted by atomic mass is 16.5. The Morgan fingerprint density at radius 1 is 1.47 bits per heavy atom. The molecule has 2 rings (SSSR count). The lowest BCUT2D eigenvalue weighted by molar-refractivity contribution is -0.133. The topological polar surface area (TPSA) is 64.3 Å². The molecule has 1 aliphatic carbocycles. The number of nitrogens with one attached hydrogen (secondary N) is 1. The minimum absolute atomic E-state index is 0.00238. The Labute approximate surface area is 90.5 Å². The van der Waals surface area contributed by atoms with E-state index in [1.54, 1.807) is 0 Å². The molecule has 0 aromatic carbocycles. The van der Waals surface area contributed by atoms with Gasteiger partial charge in [-0.25, -0.2) is 0 Å². The van der Waals surface area contributed by atoms with Crippen molar-refractivity contribution < 1.29 is 9.53 Å². The standard InChI is InChI=1S/C11H20N2O2/c1-10(4-3-5-10)13-9(14)11(2)7-15-6-8(11)12/h8H,3-7,12H2,1-2H3,(H,13,14). The molecule has 0 spiro atoms. The predicted molar refractivity (Wildman–Crippen MR) is 57.3 cm³/mol. The molecule has 2 unspecified atom stereocenters. The Kier molecular flexibility index (Phi) is 2.51. The molecular weight excluding hydrogens is 192 g/mol. The number of rotatable bonds is 2. The van der Waals surface area contributed by atoms with Crippen LogP contribution in [0.15, 0.2) is 0 Å². The Hall–Kier alpha value is -0.610. The highest BCUT2D eigenvalue weighted by Gasteiger charge is 2.47. The van der Waals surface area contributed by atoms with Crippen molar-refractivity contribution in [3.63, 3.8) is 0 Å². The van der Waals surface area contributed by atoms with Crippen LogP contribution in [0.4, 0.5) is 0 Å². The Morgan fingerprint density at radius 2 is 2.13 bits per heavy atom. The number of carbonyl (C=O) groups is 1. The van der Waals surface area contributed by atoms with Gasteiger partial charge < -0.3 is 15.8 Å². The zero-order valence-electron chi connectivity index (χ0n) is 9.51. The van der Waals surface area contributed by atoms with Crippen molar-refractivity contribution in [2.75, 3.05) is 13.2 Å². The molecule has 3 N–H and O–H groups in total. The fourth-order valence-corrected chi connectivity index (χ4v) is 2.17. The third-order valence-electron chi connectivity index (χ3n) is 3.91. The summed E-state index contributed by atoms with van der Waals surface area (Å²) in [5.41, 5.74) is 5.37. The van der Waals surface area contributed by atoms with Gasteiger partial charge in [-0.15, -0.1) is 0 Å². The zero-order valence-corrected chi connectivity index (χ0v) is 9.51. The van der Waals surface area contributed by atoms with E-state index in [2.05, 4.69) is 12.2 Å². The van der Waals surface area contributed by atoms with Crippen LogP contribution in [0.25, 0.3) is 0 Å². The third-order valence-corrected chi connectivity index (χ3v) is 3.91. The molecule has 0 bridgehead atoms. The average molecular weight is 212 g/mol. The van der Waals surface area contributed by atoms with Gasteiger partial charge in [0.25, 0.3) is 0 Å². The van der Waals surface area contributed by atoms with Gasteiger partial charge in [0.2, 0.25) is 5.91 Å². The first kappa shape index (κ1) is 10.9. The van der Waals surface area contributed by atoms with Crippen LogP contribution >= 0.6 is 0 Å². The van der Waals surface area contributed by atoms with Crippen molar-refractivity contribution >= 4 is 5.91 Å². The second kappa shape index (κ2) is 3.46. The maximum atomic E-state index is 12.1. The first-order valence-corrected chi connectivity index (χ1v) is 5.62. The molecule has 0 radical (unpaired) electrons. The number of carbonyl (C=O) groups excluding carboxylic acids is 1. The van der Waals surface area contributed by atoms with Crippen LogP contribution in [0.5, 0.6) is 0 Å². The number of amides is 1. The number of ether oxygens (including phenoxy) is 1. The molecule has 15 heavy (non-hydrogen) atoms. The van der Waals surface area contributed by atoms with Gasteiger partial charge in [-0.05, 0) is 33.1 Å². The van der Waals surface area contributed by atoms with Crippen molar-refractivity contribution in [3.8, 4) is 0 Å². The van der Waals surface area contributed by atoms with Gasteiger partial charge in [0, 0.05) is 11.6 Å². The molecule has 0 aromatic rings. The number of nitrogens with two attached hydrogens (primary N) is 1. The summed E-state index contributed by atoms with van der Waals surface area (Å²) in [5.74, 6) is 0.0506. The number of hydrogen-bond donors (Lipinski definition) is 2. The van der Waals surface area contributed by atoms with E-state index in [1.165, 1.54) is 6.42 Å². The Bertz CT molecular complexity index is 276. The lowest BCUT2D eigenvalue weighted by Crippen LogP contribution is -2.58. The van der Waals surface area contributed by atoms with Crippen LogP contribution in [0.2, 0.25) is 0 Å². The molecule has 1 heterocycles. The first-order chi connectivity index (χ1) is 6.96. The minimum Gasteiger partial charge on any atom is -0.379 e. The molecule has 0 aromatic heterocycles. The molecule has 86 valence electrons. The summed E-state index contributed by atoms with van der Waals surface area (Å²) >= 11 is 0. The van der Waals surface area contributed by atoms with Crippen molar-refractivity contribution in [3.05, 3.63) is 0 Å². The van der Waals surface area contributed by atoms with E-state index in [4.69, 9.17) is 10.5 Å². The fraction of sp³-hybridized carbons (Fsp3) is 0.909. The monoisotopic (exact) mass is 212 g/mol. The van der Waals surface area contributed by atoms with E-state index < -0.39 is 5.41 Å². The van der Waals surface area contributed by atoms with Gasteiger partial charge in [-0.3, -0.25) is 4.79 Å². The quantitative estimate of drug-likeness (QED) is 0.696. The van der Waals surface area contributed by atoms with E-state index in [9.17, 15) is 4.79 Å². The molecule has 1 saturated carbocycles. The predicted octanol–water partition coefficient (Wildman–Crippen LogP) is 0.409. The van der Waals surface area contributed by atoms with Gasteiger partial charge in [-0.1, -0.05) is 0 Å². The highest BCUT2D eigenvalue weighted by molar-refractivity contribution is 5.84. The van der Waals surface area contributed by atoms with E-state index in [-0.39, 0.29) is 17.5 Å². The van der Waals surface area contributed by atoms with Gasteiger partial charge in [-0.2, -0.15) is 0 Å². The summed E-state index contributed by atoms with van der Waals surface area (Å²) in [6.07, 6.45) is 3.35. The Morgan fingerprint density at radius 3 is 2.53 bits per heavy atom. The van der Waals surface area contributed by atoms with Crippen LogP contribution < -0.4 is 11.1 Å². The molecule has 1 saturated heterocycles. The van der Waals surface area contributed by atoms with E-state index in [0.717, 1.165) is 12.8 Å². The highest BCUT2D eigenvalue weighted by Crippen LogP contribution is 2.34. The molecule has 1 aliphatic heterocycles. The van der Waals surface area contributed by atoms with E-state index in [0.29, 0.717) is 13.2 Å².